The van der Waals surface area contributed by atoms with Gasteiger partial charge in [-0.25, -0.2) is 12.7 Å². The number of nitrogens with two attached hydrogens (primary N) is 1. The van der Waals surface area contributed by atoms with Crippen molar-refractivity contribution in [3.8, 4) is 5.75 Å². The highest BCUT2D eigenvalue weighted by molar-refractivity contribution is 7.89. The van der Waals surface area contributed by atoms with Gasteiger partial charge in [0.1, 0.15) is 12.4 Å². The molecule has 0 aromatic heterocycles. The predicted octanol–water partition coefficient (Wildman–Crippen LogP) is 2.10. The summed E-state index contributed by atoms with van der Waals surface area (Å²) in [6.45, 7) is 3.56. The summed E-state index contributed by atoms with van der Waals surface area (Å²) in [6.07, 6.45) is 3.18. The monoisotopic (exact) mass is 312 g/mol. The summed E-state index contributed by atoms with van der Waals surface area (Å²) in [5, 5.41) is 0. The van der Waals surface area contributed by atoms with Crippen molar-refractivity contribution in [2.45, 2.75) is 26.2 Å². The maximum absolute atomic E-state index is 12.3. The number of ether oxygens (including phenoxy) is 1. The Hall–Kier alpha value is -1.27. The van der Waals surface area contributed by atoms with Crippen molar-refractivity contribution in [2.75, 3.05) is 31.2 Å². The minimum atomic E-state index is -3.23. The molecular weight excluding hydrogens is 288 g/mol. The molecule has 0 bridgehead atoms. The van der Waals surface area contributed by atoms with Gasteiger partial charge in [0.05, 0.1) is 11.4 Å². The summed E-state index contributed by atoms with van der Waals surface area (Å²) in [5.74, 6) is 1.05. The lowest BCUT2D eigenvalue weighted by molar-refractivity contribution is 0.338. The van der Waals surface area contributed by atoms with Crippen molar-refractivity contribution in [3.05, 3.63) is 24.3 Å². The lowest BCUT2D eigenvalue weighted by Gasteiger charge is -2.17. The molecule has 0 aliphatic carbocycles. The van der Waals surface area contributed by atoms with Crippen LogP contribution in [0.25, 0.3) is 0 Å². The van der Waals surface area contributed by atoms with Crippen molar-refractivity contribution >= 4 is 15.7 Å². The van der Waals surface area contributed by atoms with Crippen LogP contribution in [0.15, 0.2) is 24.3 Å². The molecule has 0 radical (unpaired) electrons. The fourth-order valence-corrected chi connectivity index (χ4v) is 4.07. The molecule has 5 nitrogen and oxygen atoms in total. The number of sulfonamides is 1. The second-order valence-electron chi connectivity index (χ2n) is 5.50. The fourth-order valence-electron chi connectivity index (χ4n) is 2.69. The Labute approximate surface area is 127 Å². The zero-order valence-electron chi connectivity index (χ0n) is 12.5. The van der Waals surface area contributed by atoms with Crippen LogP contribution in [0, 0.1) is 5.92 Å². The molecule has 2 rings (SSSR count). The van der Waals surface area contributed by atoms with E-state index in [1.807, 2.05) is 12.1 Å². The first kappa shape index (κ1) is 16.1. The van der Waals surface area contributed by atoms with Gasteiger partial charge in [0.2, 0.25) is 10.0 Å². The summed E-state index contributed by atoms with van der Waals surface area (Å²) in [5.41, 5.74) is 6.29. The maximum Gasteiger partial charge on any atom is 0.217 e. The smallest absolute Gasteiger partial charge is 0.217 e. The standard InChI is InChI=1S/C15H24N2O3S/c1-2-5-13-8-9-17(12-13)21(18,19)11-10-20-15-7-4-3-6-14(15)16/h3-4,6-7,13H,2,5,8-12,16H2,1H3. The van der Waals surface area contributed by atoms with Crippen molar-refractivity contribution in [2.24, 2.45) is 5.92 Å². The molecule has 1 saturated heterocycles. The van der Waals surface area contributed by atoms with Gasteiger partial charge in [-0.1, -0.05) is 25.5 Å². The highest BCUT2D eigenvalue weighted by atomic mass is 32.2. The van der Waals surface area contributed by atoms with Gasteiger partial charge < -0.3 is 10.5 Å². The second-order valence-corrected chi connectivity index (χ2v) is 7.59. The lowest BCUT2D eigenvalue weighted by Crippen LogP contribution is -2.33. The van der Waals surface area contributed by atoms with Crippen molar-refractivity contribution in [1.29, 1.82) is 0 Å². The number of hydrogen-bond donors (Lipinski definition) is 1. The highest BCUT2D eigenvalue weighted by Gasteiger charge is 2.30. The Morgan fingerprint density at radius 1 is 1.38 bits per heavy atom. The Kier molecular flexibility index (Phi) is 5.47. The number of benzene rings is 1. The van der Waals surface area contributed by atoms with E-state index in [1.54, 1.807) is 16.4 Å². The maximum atomic E-state index is 12.3. The van der Waals surface area contributed by atoms with Crippen LogP contribution in [-0.2, 0) is 10.0 Å². The van der Waals surface area contributed by atoms with Crippen LogP contribution >= 0.6 is 0 Å². The molecular formula is C15H24N2O3S. The molecule has 21 heavy (non-hydrogen) atoms. The molecule has 0 amide bonds. The Balaban J connectivity index is 1.83. The molecule has 6 heteroatoms. The summed E-state index contributed by atoms with van der Waals surface area (Å²) >= 11 is 0. The topological polar surface area (TPSA) is 72.6 Å². The third-order valence-corrected chi connectivity index (χ3v) is 5.66. The summed E-state index contributed by atoms with van der Waals surface area (Å²) in [6, 6.07) is 7.11. The molecule has 1 heterocycles. The number of nitrogens with zero attached hydrogens (tertiary/aromatic N) is 1. The second kappa shape index (κ2) is 7.13. The molecule has 1 aliphatic rings. The van der Waals surface area contributed by atoms with E-state index >= 15 is 0 Å². The zero-order chi connectivity index (χ0) is 15.3. The number of hydrogen-bond acceptors (Lipinski definition) is 4. The van der Waals surface area contributed by atoms with E-state index in [4.69, 9.17) is 10.5 Å². The van der Waals surface area contributed by atoms with E-state index < -0.39 is 10.0 Å². The average Bonchev–Trinajstić information content (AvgIpc) is 2.91. The molecule has 1 aliphatic heterocycles. The van der Waals surface area contributed by atoms with Crippen LogP contribution in [0.5, 0.6) is 5.75 Å². The van der Waals surface area contributed by atoms with Gasteiger partial charge in [-0.3, -0.25) is 0 Å². The van der Waals surface area contributed by atoms with Crippen LogP contribution in [0.1, 0.15) is 26.2 Å². The van der Waals surface area contributed by atoms with E-state index in [0.29, 0.717) is 30.4 Å². The van der Waals surface area contributed by atoms with Gasteiger partial charge >= 0.3 is 0 Å². The molecule has 118 valence electrons. The van der Waals surface area contributed by atoms with E-state index in [9.17, 15) is 8.42 Å². The first-order chi connectivity index (χ1) is 10.0. The minimum absolute atomic E-state index is 0.000178. The number of rotatable bonds is 7. The van der Waals surface area contributed by atoms with Crippen LogP contribution in [0.3, 0.4) is 0 Å². The third kappa shape index (κ3) is 4.35. The summed E-state index contributed by atoms with van der Waals surface area (Å²) in [4.78, 5) is 0. The van der Waals surface area contributed by atoms with E-state index in [1.165, 1.54) is 0 Å². The molecule has 1 atom stereocenters. The molecule has 1 unspecified atom stereocenters. The summed E-state index contributed by atoms with van der Waals surface area (Å²) in [7, 11) is -3.23. The van der Waals surface area contributed by atoms with Crippen molar-refractivity contribution in [3.63, 3.8) is 0 Å². The van der Waals surface area contributed by atoms with Gasteiger partial charge in [0.25, 0.3) is 0 Å². The number of nitrogen functional groups attached to an aromatic ring is 1. The van der Waals surface area contributed by atoms with Crippen molar-refractivity contribution in [1.82, 2.24) is 4.31 Å². The van der Waals surface area contributed by atoms with Crippen LogP contribution in [-0.4, -0.2) is 38.2 Å². The normalized spacial score (nSPS) is 19.8. The molecule has 1 fully saturated rings. The highest BCUT2D eigenvalue weighted by Crippen LogP contribution is 2.24. The van der Waals surface area contributed by atoms with Crippen LogP contribution in [0.2, 0.25) is 0 Å². The SMILES string of the molecule is CCCC1CCN(S(=O)(=O)CCOc2ccccc2N)C1. The molecule has 1 aromatic carbocycles. The van der Waals surface area contributed by atoms with Gasteiger partial charge in [0, 0.05) is 13.1 Å². The first-order valence-corrected chi connectivity index (χ1v) is 9.09. The predicted molar refractivity (Wildman–Crippen MR) is 84.7 cm³/mol. The zero-order valence-corrected chi connectivity index (χ0v) is 13.3. The largest absolute Gasteiger partial charge is 0.490 e. The van der Waals surface area contributed by atoms with Gasteiger partial charge in [-0.2, -0.15) is 0 Å². The quantitative estimate of drug-likeness (QED) is 0.783. The summed E-state index contributed by atoms with van der Waals surface area (Å²) < 4.78 is 31.6. The van der Waals surface area contributed by atoms with E-state index in [-0.39, 0.29) is 12.4 Å². The van der Waals surface area contributed by atoms with Gasteiger partial charge in [0.15, 0.2) is 0 Å². The van der Waals surface area contributed by atoms with Gasteiger partial charge in [-0.05, 0) is 30.9 Å². The third-order valence-electron chi connectivity index (χ3n) is 3.86. The average molecular weight is 312 g/mol. The molecule has 1 aromatic rings. The lowest BCUT2D eigenvalue weighted by atomic mass is 10.0. The molecule has 0 spiro atoms. The van der Waals surface area contributed by atoms with E-state index in [2.05, 4.69) is 6.92 Å². The van der Waals surface area contributed by atoms with Crippen LogP contribution in [0.4, 0.5) is 5.69 Å². The Morgan fingerprint density at radius 2 is 2.14 bits per heavy atom. The van der Waals surface area contributed by atoms with E-state index in [0.717, 1.165) is 19.3 Å². The van der Waals surface area contributed by atoms with Gasteiger partial charge in [-0.15, -0.1) is 0 Å². The Morgan fingerprint density at radius 3 is 2.86 bits per heavy atom. The fraction of sp³-hybridized carbons (Fsp3) is 0.600. The Bertz CT molecular complexity index is 560. The van der Waals surface area contributed by atoms with Crippen LogP contribution < -0.4 is 10.5 Å². The first-order valence-electron chi connectivity index (χ1n) is 7.48. The number of anilines is 1. The molecule has 0 saturated carbocycles. The van der Waals surface area contributed by atoms with Crippen molar-refractivity contribution < 1.29 is 13.2 Å². The minimum Gasteiger partial charge on any atom is -0.490 e. The number of para-hydroxylation sites is 2. The molecule has 2 N–H and O–H groups in total.